The highest BCUT2D eigenvalue weighted by atomic mass is 32.2. The van der Waals surface area contributed by atoms with Crippen molar-refractivity contribution in [2.24, 2.45) is 0 Å². The molecular formula is C14H13N3O3S. The van der Waals surface area contributed by atoms with Gasteiger partial charge in [-0.2, -0.15) is 4.98 Å². The van der Waals surface area contributed by atoms with Crippen LogP contribution in [0.3, 0.4) is 0 Å². The fraction of sp³-hybridized carbons (Fsp3) is 0.143. The normalized spacial score (nSPS) is 11.7. The van der Waals surface area contributed by atoms with Crippen LogP contribution < -0.4 is 4.74 Å². The summed E-state index contributed by atoms with van der Waals surface area (Å²) in [5, 5.41) is 0. The van der Waals surface area contributed by atoms with Gasteiger partial charge < -0.3 is 9.72 Å². The number of hydrogen-bond donors (Lipinski definition) is 1. The van der Waals surface area contributed by atoms with Crippen molar-refractivity contribution in [1.82, 2.24) is 15.0 Å². The van der Waals surface area contributed by atoms with Gasteiger partial charge in [-0.25, -0.2) is 13.4 Å². The smallest absolute Gasteiger partial charge is 0.215 e. The van der Waals surface area contributed by atoms with Crippen LogP contribution in [0, 0.1) is 0 Å². The Morgan fingerprint density at radius 2 is 1.95 bits per heavy atom. The lowest BCUT2D eigenvalue weighted by Gasteiger charge is -2.00. The van der Waals surface area contributed by atoms with Gasteiger partial charge in [0.1, 0.15) is 5.82 Å². The first-order valence-corrected chi connectivity index (χ1v) is 8.08. The van der Waals surface area contributed by atoms with Crippen molar-refractivity contribution in [3.63, 3.8) is 0 Å². The van der Waals surface area contributed by atoms with Crippen LogP contribution in [0.15, 0.2) is 41.3 Å². The minimum atomic E-state index is -3.25. The van der Waals surface area contributed by atoms with Crippen molar-refractivity contribution in [1.29, 1.82) is 0 Å². The van der Waals surface area contributed by atoms with Gasteiger partial charge in [-0.1, -0.05) is 12.1 Å². The lowest BCUT2D eigenvalue weighted by molar-refractivity contribution is 0.399. The molecule has 1 aromatic carbocycles. The van der Waals surface area contributed by atoms with E-state index in [-0.39, 0.29) is 4.90 Å². The van der Waals surface area contributed by atoms with Crippen molar-refractivity contribution in [3.8, 4) is 17.3 Å². The third kappa shape index (κ3) is 2.59. The molecule has 6 nitrogen and oxygen atoms in total. The number of pyridine rings is 1. The van der Waals surface area contributed by atoms with E-state index in [0.717, 1.165) is 5.52 Å². The van der Waals surface area contributed by atoms with Crippen LogP contribution >= 0.6 is 0 Å². The molecule has 0 bridgehead atoms. The Labute approximate surface area is 121 Å². The number of methoxy groups -OCH3 is 1. The van der Waals surface area contributed by atoms with Gasteiger partial charge in [0.25, 0.3) is 0 Å². The molecule has 0 saturated carbocycles. The average molecular weight is 303 g/mol. The van der Waals surface area contributed by atoms with Gasteiger partial charge in [0.2, 0.25) is 5.88 Å². The molecule has 2 aromatic heterocycles. The van der Waals surface area contributed by atoms with Gasteiger partial charge in [0.05, 0.1) is 17.5 Å². The quantitative estimate of drug-likeness (QED) is 0.800. The van der Waals surface area contributed by atoms with Crippen LogP contribution in [0.1, 0.15) is 0 Å². The fourth-order valence-electron chi connectivity index (χ4n) is 2.00. The Hall–Kier alpha value is -2.41. The molecule has 0 aliphatic carbocycles. The second kappa shape index (κ2) is 4.85. The van der Waals surface area contributed by atoms with Crippen molar-refractivity contribution in [2.45, 2.75) is 4.90 Å². The molecule has 0 amide bonds. The molecule has 0 saturated heterocycles. The molecule has 3 aromatic rings. The molecule has 0 spiro atoms. The average Bonchev–Trinajstić information content (AvgIpc) is 2.89. The van der Waals surface area contributed by atoms with Crippen LogP contribution in [0.25, 0.3) is 22.6 Å². The SMILES string of the molecule is COc1ccc2[nH]c(-c3cccc(S(C)(=O)=O)c3)nc2n1. The first-order chi connectivity index (χ1) is 9.97. The number of sulfone groups is 1. The fourth-order valence-corrected chi connectivity index (χ4v) is 2.67. The van der Waals surface area contributed by atoms with E-state index in [1.165, 1.54) is 13.4 Å². The molecule has 0 atom stereocenters. The minimum Gasteiger partial charge on any atom is -0.481 e. The van der Waals surface area contributed by atoms with E-state index in [1.807, 2.05) is 6.07 Å². The number of nitrogens with zero attached hydrogens (tertiary/aromatic N) is 2. The Kier molecular flexibility index (Phi) is 3.13. The zero-order valence-corrected chi connectivity index (χ0v) is 12.3. The summed E-state index contributed by atoms with van der Waals surface area (Å²) in [5.41, 5.74) is 1.97. The number of H-pyrrole nitrogens is 1. The molecule has 7 heteroatoms. The highest BCUT2D eigenvalue weighted by molar-refractivity contribution is 7.90. The van der Waals surface area contributed by atoms with Gasteiger partial charge in [-0.15, -0.1) is 0 Å². The summed E-state index contributed by atoms with van der Waals surface area (Å²) in [6.07, 6.45) is 1.18. The molecule has 2 heterocycles. The number of hydrogen-bond acceptors (Lipinski definition) is 5. The van der Waals surface area contributed by atoms with Gasteiger partial charge in [0.15, 0.2) is 15.5 Å². The third-order valence-electron chi connectivity index (χ3n) is 3.07. The standard InChI is InChI=1S/C14H13N3O3S/c1-20-12-7-6-11-14(16-12)17-13(15-11)9-4-3-5-10(8-9)21(2,18)19/h3-8H,1-2H3,(H,15,16,17). The second-order valence-electron chi connectivity index (χ2n) is 4.61. The van der Waals surface area contributed by atoms with Crippen molar-refractivity contribution >= 4 is 21.0 Å². The monoisotopic (exact) mass is 303 g/mol. The van der Waals surface area contributed by atoms with Crippen molar-refractivity contribution in [3.05, 3.63) is 36.4 Å². The zero-order chi connectivity index (χ0) is 15.0. The molecule has 21 heavy (non-hydrogen) atoms. The van der Waals surface area contributed by atoms with Gasteiger partial charge in [-0.3, -0.25) is 0 Å². The first kappa shape index (κ1) is 13.6. The molecule has 108 valence electrons. The summed E-state index contributed by atoms with van der Waals surface area (Å²) in [5.74, 6) is 1.04. The van der Waals surface area contributed by atoms with E-state index in [0.29, 0.717) is 22.9 Å². The van der Waals surface area contributed by atoms with Gasteiger partial charge in [-0.05, 0) is 18.2 Å². The Morgan fingerprint density at radius 1 is 1.14 bits per heavy atom. The molecule has 3 rings (SSSR count). The summed E-state index contributed by atoms with van der Waals surface area (Å²) < 4.78 is 28.3. The molecule has 0 fully saturated rings. The van der Waals surface area contributed by atoms with E-state index >= 15 is 0 Å². The summed E-state index contributed by atoms with van der Waals surface area (Å²) in [4.78, 5) is 12.0. The highest BCUT2D eigenvalue weighted by Crippen LogP contribution is 2.23. The zero-order valence-electron chi connectivity index (χ0n) is 11.5. The lowest BCUT2D eigenvalue weighted by atomic mass is 10.2. The predicted octanol–water partition coefficient (Wildman–Crippen LogP) is 2.04. The minimum absolute atomic E-state index is 0.256. The molecule has 0 aliphatic rings. The van der Waals surface area contributed by atoms with Gasteiger partial charge in [0, 0.05) is 17.9 Å². The van der Waals surface area contributed by atoms with E-state index in [9.17, 15) is 8.42 Å². The number of ether oxygens (including phenoxy) is 1. The summed E-state index contributed by atoms with van der Waals surface area (Å²) in [6.45, 7) is 0. The number of imidazole rings is 1. The molecule has 1 N–H and O–H groups in total. The van der Waals surface area contributed by atoms with Crippen LogP contribution in [-0.4, -0.2) is 36.7 Å². The number of nitrogens with one attached hydrogen (secondary N) is 1. The number of aromatic amines is 1. The Balaban J connectivity index is 2.12. The van der Waals surface area contributed by atoms with Crippen LogP contribution in [0.4, 0.5) is 0 Å². The van der Waals surface area contributed by atoms with E-state index in [1.54, 1.807) is 30.3 Å². The van der Waals surface area contributed by atoms with Crippen molar-refractivity contribution < 1.29 is 13.2 Å². The number of fused-ring (bicyclic) bond motifs is 1. The molecule has 0 radical (unpaired) electrons. The van der Waals surface area contributed by atoms with Crippen LogP contribution in [-0.2, 0) is 9.84 Å². The maximum atomic E-state index is 11.6. The Morgan fingerprint density at radius 3 is 2.67 bits per heavy atom. The number of aromatic nitrogens is 3. The van der Waals surface area contributed by atoms with Gasteiger partial charge >= 0.3 is 0 Å². The molecular weight excluding hydrogens is 290 g/mol. The van der Waals surface area contributed by atoms with Crippen LogP contribution in [0.2, 0.25) is 0 Å². The van der Waals surface area contributed by atoms with E-state index in [4.69, 9.17) is 4.74 Å². The summed E-state index contributed by atoms with van der Waals surface area (Å²) in [7, 11) is -1.71. The third-order valence-corrected chi connectivity index (χ3v) is 4.18. The maximum Gasteiger partial charge on any atom is 0.215 e. The van der Waals surface area contributed by atoms with Crippen molar-refractivity contribution in [2.75, 3.05) is 13.4 Å². The first-order valence-electron chi connectivity index (χ1n) is 6.18. The highest BCUT2D eigenvalue weighted by Gasteiger charge is 2.11. The maximum absolute atomic E-state index is 11.6. The second-order valence-corrected chi connectivity index (χ2v) is 6.63. The Bertz CT molecular complexity index is 916. The summed E-state index contributed by atoms with van der Waals surface area (Å²) >= 11 is 0. The van der Waals surface area contributed by atoms with Crippen LogP contribution in [0.5, 0.6) is 5.88 Å². The summed E-state index contributed by atoms with van der Waals surface area (Å²) in [6, 6.07) is 10.2. The van der Waals surface area contributed by atoms with E-state index < -0.39 is 9.84 Å². The predicted molar refractivity (Wildman–Crippen MR) is 79.0 cm³/mol. The molecule has 0 aliphatic heterocycles. The number of benzene rings is 1. The lowest BCUT2D eigenvalue weighted by Crippen LogP contribution is -1.97. The number of rotatable bonds is 3. The molecule has 0 unspecified atom stereocenters. The van der Waals surface area contributed by atoms with E-state index in [2.05, 4.69) is 15.0 Å². The topological polar surface area (TPSA) is 84.9 Å². The largest absolute Gasteiger partial charge is 0.481 e.